The van der Waals surface area contributed by atoms with E-state index in [9.17, 15) is 4.79 Å². The Bertz CT molecular complexity index is 583. The molecule has 0 spiro atoms. The molecule has 0 saturated heterocycles. The summed E-state index contributed by atoms with van der Waals surface area (Å²) in [4.78, 5) is 11.8. The van der Waals surface area contributed by atoms with Gasteiger partial charge in [0.25, 0.3) is 0 Å². The minimum absolute atomic E-state index is 0.223. The molecule has 0 saturated carbocycles. The molecule has 25 heavy (non-hydrogen) atoms. The highest BCUT2D eigenvalue weighted by Gasteiger charge is 2.36. The van der Waals surface area contributed by atoms with Gasteiger partial charge in [0, 0.05) is 0 Å². The van der Waals surface area contributed by atoms with Crippen molar-refractivity contribution in [3.05, 3.63) is 60.2 Å². The van der Waals surface area contributed by atoms with Gasteiger partial charge in [0.15, 0.2) is 8.32 Å². The molecule has 4 heteroatoms. The lowest BCUT2D eigenvalue weighted by molar-refractivity contribution is 0.0501. The van der Waals surface area contributed by atoms with E-state index in [2.05, 4.69) is 40.4 Å². The van der Waals surface area contributed by atoms with Crippen LogP contribution in [0, 0.1) is 0 Å². The van der Waals surface area contributed by atoms with Gasteiger partial charge in [-0.2, -0.15) is 0 Å². The Labute approximate surface area is 153 Å². The molecule has 138 valence electrons. The fraction of sp³-hybridized carbons (Fsp3) is 0.476. The first-order chi connectivity index (χ1) is 11.6. The number of rotatable bonds is 9. The van der Waals surface area contributed by atoms with Crippen molar-refractivity contribution in [1.82, 2.24) is 0 Å². The Morgan fingerprint density at radius 2 is 1.84 bits per heavy atom. The van der Waals surface area contributed by atoms with Crippen molar-refractivity contribution in [2.75, 3.05) is 13.2 Å². The smallest absolute Gasteiger partial charge is 0.338 e. The van der Waals surface area contributed by atoms with Crippen molar-refractivity contribution in [2.45, 2.75) is 51.7 Å². The first-order valence-corrected chi connectivity index (χ1v) is 11.7. The maximum Gasteiger partial charge on any atom is 0.338 e. The molecule has 0 fully saturated rings. The second-order valence-corrected chi connectivity index (χ2v) is 12.5. The largest absolute Gasteiger partial charge is 0.462 e. The van der Waals surface area contributed by atoms with Crippen LogP contribution in [0.3, 0.4) is 0 Å². The summed E-state index contributed by atoms with van der Waals surface area (Å²) in [6.45, 7) is 16.3. The molecule has 0 aliphatic heterocycles. The van der Waals surface area contributed by atoms with Gasteiger partial charge in [-0.05, 0) is 43.1 Å². The summed E-state index contributed by atoms with van der Waals surface area (Å²) in [5.41, 5.74) is 1.61. The van der Waals surface area contributed by atoms with Crippen molar-refractivity contribution < 1.29 is 14.0 Å². The summed E-state index contributed by atoms with van der Waals surface area (Å²) >= 11 is 0. The third-order valence-corrected chi connectivity index (χ3v) is 9.09. The van der Waals surface area contributed by atoms with Crippen LogP contribution < -0.4 is 0 Å². The molecule has 0 unspecified atom stereocenters. The Hall–Kier alpha value is -1.65. The number of ether oxygens (including phenoxy) is 1. The van der Waals surface area contributed by atoms with Gasteiger partial charge in [0.2, 0.25) is 0 Å². The SMILES string of the molecule is C=C(/C=C/CO[Si](C)(C)C(C)(C)C)CCCOC(=O)c1ccccc1. The van der Waals surface area contributed by atoms with Gasteiger partial charge in [0.05, 0.1) is 18.8 Å². The molecule has 0 N–H and O–H groups in total. The van der Waals surface area contributed by atoms with E-state index in [4.69, 9.17) is 9.16 Å². The molecular weight excluding hydrogens is 328 g/mol. The average Bonchev–Trinajstić information content (AvgIpc) is 2.55. The summed E-state index contributed by atoms with van der Waals surface area (Å²) in [7, 11) is -1.69. The van der Waals surface area contributed by atoms with E-state index in [1.165, 1.54) is 0 Å². The lowest BCUT2D eigenvalue weighted by Gasteiger charge is -2.35. The summed E-state index contributed by atoms with van der Waals surface area (Å²) < 4.78 is 11.4. The first-order valence-electron chi connectivity index (χ1n) is 8.84. The van der Waals surface area contributed by atoms with Crippen molar-refractivity contribution in [3.8, 4) is 0 Å². The molecule has 0 heterocycles. The maximum absolute atomic E-state index is 11.8. The quantitative estimate of drug-likeness (QED) is 0.243. The van der Waals surface area contributed by atoms with Gasteiger partial charge in [0.1, 0.15) is 0 Å². The van der Waals surface area contributed by atoms with E-state index in [0.29, 0.717) is 18.8 Å². The first kappa shape index (κ1) is 21.4. The zero-order valence-corrected chi connectivity index (χ0v) is 17.3. The van der Waals surface area contributed by atoms with Crippen LogP contribution in [0.5, 0.6) is 0 Å². The maximum atomic E-state index is 11.8. The van der Waals surface area contributed by atoms with E-state index in [0.717, 1.165) is 18.4 Å². The van der Waals surface area contributed by atoms with Gasteiger partial charge in [-0.1, -0.05) is 63.3 Å². The minimum Gasteiger partial charge on any atom is -0.462 e. The van der Waals surface area contributed by atoms with Crippen molar-refractivity contribution in [1.29, 1.82) is 0 Å². The second-order valence-electron chi connectivity index (χ2n) is 7.74. The van der Waals surface area contributed by atoms with Crippen LogP contribution in [0.25, 0.3) is 0 Å². The Balaban J connectivity index is 2.22. The molecule has 0 aliphatic rings. The fourth-order valence-corrected chi connectivity index (χ4v) is 2.84. The lowest BCUT2D eigenvalue weighted by Crippen LogP contribution is -2.40. The Morgan fingerprint density at radius 3 is 2.44 bits per heavy atom. The highest BCUT2D eigenvalue weighted by atomic mass is 28.4. The molecule has 0 aromatic heterocycles. The highest BCUT2D eigenvalue weighted by molar-refractivity contribution is 6.74. The number of esters is 1. The summed E-state index contributed by atoms with van der Waals surface area (Å²) in [6.07, 6.45) is 5.61. The molecule has 0 bridgehead atoms. The number of carbonyl (C=O) groups excluding carboxylic acids is 1. The van der Waals surface area contributed by atoms with E-state index in [1.54, 1.807) is 12.1 Å². The molecule has 0 aliphatic carbocycles. The summed E-state index contributed by atoms with van der Waals surface area (Å²) in [5.74, 6) is -0.274. The van der Waals surface area contributed by atoms with Crippen LogP contribution in [0.4, 0.5) is 0 Å². The van der Waals surface area contributed by atoms with Gasteiger partial charge in [-0.15, -0.1) is 0 Å². The van der Waals surface area contributed by atoms with Gasteiger partial charge < -0.3 is 9.16 Å². The Kier molecular flexibility index (Phi) is 8.33. The fourth-order valence-electron chi connectivity index (χ4n) is 1.89. The van der Waals surface area contributed by atoms with Crippen molar-refractivity contribution in [3.63, 3.8) is 0 Å². The minimum atomic E-state index is -1.69. The summed E-state index contributed by atoms with van der Waals surface area (Å²) in [6, 6.07) is 9.05. The van der Waals surface area contributed by atoms with Crippen LogP contribution in [-0.2, 0) is 9.16 Å². The lowest BCUT2D eigenvalue weighted by atomic mass is 10.1. The van der Waals surface area contributed by atoms with E-state index in [1.807, 2.05) is 30.4 Å². The Morgan fingerprint density at radius 1 is 1.20 bits per heavy atom. The second kappa shape index (κ2) is 9.73. The predicted octanol–water partition coefficient (Wildman–Crippen LogP) is 5.76. The highest BCUT2D eigenvalue weighted by Crippen LogP contribution is 2.36. The number of benzene rings is 1. The van der Waals surface area contributed by atoms with E-state index in [-0.39, 0.29) is 11.0 Å². The zero-order valence-electron chi connectivity index (χ0n) is 16.3. The third-order valence-electron chi connectivity index (χ3n) is 4.59. The van der Waals surface area contributed by atoms with E-state index < -0.39 is 8.32 Å². The van der Waals surface area contributed by atoms with Crippen molar-refractivity contribution >= 4 is 14.3 Å². The van der Waals surface area contributed by atoms with Crippen LogP contribution in [0.2, 0.25) is 18.1 Å². The molecule has 0 atom stereocenters. The molecule has 1 aromatic carbocycles. The number of hydrogen-bond acceptors (Lipinski definition) is 3. The molecule has 0 amide bonds. The van der Waals surface area contributed by atoms with Crippen LogP contribution >= 0.6 is 0 Å². The number of allylic oxidation sites excluding steroid dienone is 2. The predicted molar refractivity (Wildman–Crippen MR) is 107 cm³/mol. The number of carbonyl (C=O) groups is 1. The number of hydrogen-bond donors (Lipinski definition) is 0. The molecule has 3 nitrogen and oxygen atoms in total. The molecule has 0 radical (unpaired) electrons. The van der Waals surface area contributed by atoms with Crippen LogP contribution in [0.15, 0.2) is 54.6 Å². The van der Waals surface area contributed by atoms with E-state index >= 15 is 0 Å². The third kappa shape index (κ3) is 7.84. The van der Waals surface area contributed by atoms with Gasteiger partial charge in [-0.25, -0.2) is 4.79 Å². The van der Waals surface area contributed by atoms with Crippen LogP contribution in [0.1, 0.15) is 44.0 Å². The normalized spacial score (nSPS) is 12.4. The molecular formula is C21H32O3Si. The average molecular weight is 361 g/mol. The standard InChI is InChI=1S/C21H32O3Si/c1-18(13-11-17-24-25(5,6)21(2,3)4)12-10-16-23-20(22)19-14-8-7-9-15-19/h7-9,11,13-15H,1,10,12,16-17H2,2-6H3/b13-11+. The monoisotopic (exact) mass is 360 g/mol. The molecule has 1 aromatic rings. The zero-order chi connectivity index (χ0) is 18.9. The topological polar surface area (TPSA) is 35.5 Å². The van der Waals surface area contributed by atoms with Crippen molar-refractivity contribution in [2.24, 2.45) is 0 Å². The van der Waals surface area contributed by atoms with Gasteiger partial charge in [-0.3, -0.25) is 0 Å². The molecule has 1 rings (SSSR count). The van der Waals surface area contributed by atoms with Gasteiger partial charge >= 0.3 is 5.97 Å². The van der Waals surface area contributed by atoms with Crippen LogP contribution in [-0.4, -0.2) is 27.5 Å². The summed E-state index contributed by atoms with van der Waals surface area (Å²) in [5, 5.41) is 0.223.